The summed E-state index contributed by atoms with van der Waals surface area (Å²) in [5.74, 6) is -1.10. The molecule has 1 amide bonds. The van der Waals surface area contributed by atoms with Crippen molar-refractivity contribution in [2.24, 2.45) is 0 Å². The van der Waals surface area contributed by atoms with Gasteiger partial charge in [0.15, 0.2) is 5.75 Å². The SMILES string of the molecule is COc1cccnc1CC(=O)Nc1ccccc1Oc1cc(F)cc(F)c1. The standard InChI is InChI=1S/C20H16F2N2O3/c1-26-18-7-4-8-23-17(18)12-20(25)24-16-5-2-3-6-19(16)27-15-10-13(21)9-14(22)11-15/h2-11H,12H2,1H3,(H,24,25). The third-order valence-electron chi connectivity index (χ3n) is 3.62. The Morgan fingerprint density at radius 2 is 1.74 bits per heavy atom. The highest BCUT2D eigenvalue weighted by atomic mass is 19.1. The Balaban J connectivity index is 1.76. The molecule has 3 rings (SSSR count). The zero-order chi connectivity index (χ0) is 19.2. The number of aromatic nitrogens is 1. The van der Waals surface area contributed by atoms with Crippen LogP contribution in [-0.4, -0.2) is 18.0 Å². The van der Waals surface area contributed by atoms with Gasteiger partial charge in [-0.2, -0.15) is 0 Å². The summed E-state index contributed by atoms with van der Waals surface area (Å²) in [6.45, 7) is 0. The van der Waals surface area contributed by atoms with Crippen molar-refractivity contribution in [2.75, 3.05) is 12.4 Å². The van der Waals surface area contributed by atoms with Crippen molar-refractivity contribution in [3.8, 4) is 17.2 Å². The molecular weight excluding hydrogens is 354 g/mol. The number of hydrogen-bond donors (Lipinski definition) is 1. The van der Waals surface area contributed by atoms with Crippen molar-refractivity contribution in [1.82, 2.24) is 4.98 Å². The minimum absolute atomic E-state index is 0.00700. The van der Waals surface area contributed by atoms with E-state index in [1.807, 2.05) is 0 Å². The van der Waals surface area contributed by atoms with Crippen molar-refractivity contribution in [3.05, 3.63) is 78.1 Å². The van der Waals surface area contributed by atoms with Gasteiger partial charge in [0.2, 0.25) is 5.91 Å². The molecule has 0 saturated heterocycles. The first kappa shape index (κ1) is 18.3. The van der Waals surface area contributed by atoms with Crippen molar-refractivity contribution in [1.29, 1.82) is 0 Å². The van der Waals surface area contributed by atoms with Crippen LogP contribution in [0, 0.1) is 11.6 Å². The van der Waals surface area contributed by atoms with Crippen LogP contribution in [0.2, 0.25) is 0 Å². The molecule has 1 aromatic heterocycles. The lowest BCUT2D eigenvalue weighted by Crippen LogP contribution is -2.16. The van der Waals surface area contributed by atoms with Gasteiger partial charge in [-0.1, -0.05) is 12.1 Å². The number of rotatable bonds is 6. The maximum atomic E-state index is 13.3. The zero-order valence-electron chi connectivity index (χ0n) is 14.4. The molecule has 5 nitrogen and oxygen atoms in total. The summed E-state index contributed by atoms with van der Waals surface area (Å²) in [5, 5.41) is 2.71. The van der Waals surface area contributed by atoms with Gasteiger partial charge in [0.1, 0.15) is 23.1 Å². The van der Waals surface area contributed by atoms with Crippen LogP contribution in [0.25, 0.3) is 0 Å². The van der Waals surface area contributed by atoms with Gasteiger partial charge < -0.3 is 14.8 Å². The predicted octanol–water partition coefficient (Wildman–Crippen LogP) is 4.34. The lowest BCUT2D eigenvalue weighted by Gasteiger charge is -2.13. The fraction of sp³-hybridized carbons (Fsp3) is 0.100. The fourth-order valence-corrected chi connectivity index (χ4v) is 2.46. The molecule has 27 heavy (non-hydrogen) atoms. The number of halogens is 2. The quantitative estimate of drug-likeness (QED) is 0.701. The van der Waals surface area contributed by atoms with Crippen LogP contribution in [0.3, 0.4) is 0 Å². The number of methoxy groups -OCH3 is 1. The average molecular weight is 370 g/mol. The summed E-state index contributed by atoms with van der Waals surface area (Å²) >= 11 is 0. The summed E-state index contributed by atoms with van der Waals surface area (Å²) in [6.07, 6.45) is 1.56. The molecule has 3 aromatic rings. The van der Waals surface area contributed by atoms with Gasteiger partial charge in [0, 0.05) is 24.4 Å². The molecule has 0 saturated carbocycles. The Hall–Kier alpha value is -3.48. The molecule has 0 fully saturated rings. The summed E-state index contributed by atoms with van der Waals surface area (Å²) in [7, 11) is 1.50. The Labute approximate surface area is 154 Å². The zero-order valence-corrected chi connectivity index (χ0v) is 14.4. The lowest BCUT2D eigenvalue weighted by molar-refractivity contribution is -0.115. The van der Waals surface area contributed by atoms with E-state index in [1.54, 1.807) is 42.6 Å². The first-order chi connectivity index (χ1) is 13.0. The molecule has 1 N–H and O–H groups in total. The van der Waals surface area contributed by atoms with Gasteiger partial charge in [-0.05, 0) is 24.3 Å². The normalized spacial score (nSPS) is 10.3. The number of benzene rings is 2. The highest BCUT2D eigenvalue weighted by Gasteiger charge is 2.13. The number of carbonyl (C=O) groups is 1. The number of pyridine rings is 1. The highest BCUT2D eigenvalue weighted by Crippen LogP contribution is 2.30. The number of amides is 1. The van der Waals surface area contributed by atoms with Crippen LogP contribution < -0.4 is 14.8 Å². The van der Waals surface area contributed by atoms with Crippen LogP contribution in [0.15, 0.2) is 60.8 Å². The van der Waals surface area contributed by atoms with Crippen molar-refractivity contribution < 1.29 is 23.0 Å². The molecule has 0 bridgehead atoms. The van der Waals surface area contributed by atoms with Gasteiger partial charge in [-0.25, -0.2) is 8.78 Å². The molecule has 138 valence electrons. The van der Waals surface area contributed by atoms with E-state index in [0.29, 0.717) is 17.1 Å². The van der Waals surface area contributed by atoms with Gasteiger partial charge in [0.05, 0.1) is 24.9 Å². The maximum absolute atomic E-state index is 13.3. The van der Waals surface area contributed by atoms with Gasteiger partial charge >= 0.3 is 0 Å². The van der Waals surface area contributed by atoms with E-state index in [-0.39, 0.29) is 23.8 Å². The Morgan fingerprint density at radius 1 is 1.04 bits per heavy atom. The topological polar surface area (TPSA) is 60.5 Å². The second-order valence-corrected chi connectivity index (χ2v) is 5.58. The first-order valence-corrected chi connectivity index (χ1v) is 8.06. The Kier molecular flexibility index (Phi) is 5.61. The van der Waals surface area contributed by atoms with Gasteiger partial charge in [0.25, 0.3) is 0 Å². The van der Waals surface area contributed by atoms with E-state index in [2.05, 4.69) is 10.3 Å². The van der Waals surface area contributed by atoms with E-state index in [9.17, 15) is 13.6 Å². The van der Waals surface area contributed by atoms with E-state index in [0.717, 1.165) is 18.2 Å². The van der Waals surface area contributed by atoms with Crippen molar-refractivity contribution >= 4 is 11.6 Å². The third-order valence-corrected chi connectivity index (χ3v) is 3.62. The number of ether oxygens (including phenoxy) is 2. The molecule has 2 aromatic carbocycles. The smallest absolute Gasteiger partial charge is 0.230 e. The van der Waals surface area contributed by atoms with Gasteiger partial charge in [-0.15, -0.1) is 0 Å². The minimum Gasteiger partial charge on any atom is -0.495 e. The molecule has 7 heteroatoms. The summed E-state index contributed by atoms with van der Waals surface area (Å²) in [5.41, 5.74) is 0.852. The Morgan fingerprint density at radius 3 is 2.48 bits per heavy atom. The van der Waals surface area contributed by atoms with E-state index in [4.69, 9.17) is 9.47 Å². The first-order valence-electron chi connectivity index (χ1n) is 8.06. The number of nitrogens with one attached hydrogen (secondary N) is 1. The van der Waals surface area contributed by atoms with E-state index in [1.165, 1.54) is 7.11 Å². The number of carbonyl (C=O) groups excluding carboxylic acids is 1. The van der Waals surface area contributed by atoms with Crippen LogP contribution in [0.1, 0.15) is 5.69 Å². The number of nitrogens with zero attached hydrogens (tertiary/aromatic N) is 1. The molecule has 0 unspecified atom stereocenters. The average Bonchev–Trinajstić information content (AvgIpc) is 2.63. The van der Waals surface area contributed by atoms with Crippen LogP contribution >= 0.6 is 0 Å². The number of anilines is 1. The molecule has 0 radical (unpaired) electrons. The summed E-state index contributed by atoms with van der Waals surface area (Å²) < 4.78 is 37.4. The second kappa shape index (κ2) is 8.27. The molecule has 0 spiro atoms. The molecule has 1 heterocycles. The largest absolute Gasteiger partial charge is 0.495 e. The van der Waals surface area contributed by atoms with Gasteiger partial charge in [-0.3, -0.25) is 9.78 Å². The van der Waals surface area contributed by atoms with Crippen LogP contribution in [-0.2, 0) is 11.2 Å². The fourth-order valence-electron chi connectivity index (χ4n) is 2.46. The van der Waals surface area contributed by atoms with Crippen LogP contribution in [0.4, 0.5) is 14.5 Å². The molecule has 0 aliphatic carbocycles. The summed E-state index contributed by atoms with van der Waals surface area (Å²) in [4.78, 5) is 16.5. The summed E-state index contributed by atoms with van der Waals surface area (Å²) in [6, 6.07) is 12.9. The maximum Gasteiger partial charge on any atom is 0.230 e. The van der Waals surface area contributed by atoms with Crippen molar-refractivity contribution in [2.45, 2.75) is 6.42 Å². The molecule has 0 atom stereocenters. The Bertz CT molecular complexity index is 943. The minimum atomic E-state index is -0.756. The monoisotopic (exact) mass is 370 g/mol. The van der Waals surface area contributed by atoms with Crippen molar-refractivity contribution in [3.63, 3.8) is 0 Å². The molecular formula is C20H16F2N2O3. The number of para-hydroxylation sites is 2. The number of hydrogen-bond acceptors (Lipinski definition) is 4. The third kappa shape index (κ3) is 4.78. The predicted molar refractivity (Wildman–Crippen MR) is 96.0 cm³/mol. The van der Waals surface area contributed by atoms with E-state index < -0.39 is 11.6 Å². The van der Waals surface area contributed by atoms with Crippen LogP contribution in [0.5, 0.6) is 17.2 Å². The van der Waals surface area contributed by atoms with E-state index >= 15 is 0 Å². The second-order valence-electron chi connectivity index (χ2n) is 5.58. The molecule has 0 aliphatic rings. The lowest BCUT2D eigenvalue weighted by atomic mass is 10.2. The molecule has 0 aliphatic heterocycles. The highest BCUT2D eigenvalue weighted by molar-refractivity contribution is 5.93.